The first-order valence-electron chi connectivity index (χ1n) is 8.80. The Morgan fingerprint density at radius 1 is 0.654 bits per heavy atom. The van der Waals surface area contributed by atoms with Gasteiger partial charge in [-0.1, -0.05) is 97.1 Å². The molecule has 0 radical (unpaired) electrons. The average molecular weight is 336 g/mol. The van der Waals surface area contributed by atoms with Crippen LogP contribution in [0, 0.1) is 0 Å². The van der Waals surface area contributed by atoms with E-state index in [0.29, 0.717) is 0 Å². The molecule has 4 aromatic rings. The molecule has 126 valence electrons. The third-order valence-electron chi connectivity index (χ3n) is 4.61. The maximum atomic E-state index is 11.0. The van der Waals surface area contributed by atoms with Gasteiger partial charge in [-0.2, -0.15) is 0 Å². The van der Waals surface area contributed by atoms with Crippen molar-refractivity contribution < 1.29 is 5.11 Å². The first-order valence-corrected chi connectivity index (χ1v) is 8.80. The maximum absolute atomic E-state index is 11.0. The fraction of sp³-hybridized carbons (Fsp3) is 0.0400. The van der Waals surface area contributed by atoms with Gasteiger partial charge in [-0.3, -0.25) is 0 Å². The number of aliphatic hydroxyl groups excluding tert-OH is 1. The van der Waals surface area contributed by atoms with E-state index in [-0.39, 0.29) is 0 Å². The third-order valence-corrected chi connectivity index (χ3v) is 4.61. The van der Waals surface area contributed by atoms with Crippen molar-refractivity contribution in [3.05, 3.63) is 120 Å². The molecule has 4 aromatic carbocycles. The molecule has 0 aliphatic heterocycles. The van der Waals surface area contributed by atoms with Crippen molar-refractivity contribution in [3.8, 4) is 0 Å². The fourth-order valence-electron chi connectivity index (χ4n) is 3.24. The Balaban J connectivity index is 1.82. The lowest BCUT2D eigenvalue weighted by Crippen LogP contribution is -2.01. The summed E-state index contributed by atoms with van der Waals surface area (Å²) in [6.07, 6.45) is 1.41. The van der Waals surface area contributed by atoms with Crippen LogP contribution in [0.4, 0.5) is 0 Å². The molecular formula is C25H20O. The SMILES string of the molecule is OC(/C(=C/c1ccc2ccccc2c1)c1ccccc1)c1ccccc1. The van der Waals surface area contributed by atoms with Gasteiger partial charge in [0.25, 0.3) is 0 Å². The zero-order chi connectivity index (χ0) is 17.8. The monoisotopic (exact) mass is 336 g/mol. The van der Waals surface area contributed by atoms with E-state index in [2.05, 4.69) is 36.4 Å². The summed E-state index contributed by atoms with van der Waals surface area (Å²) in [6, 6.07) is 34.6. The topological polar surface area (TPSA) is 20.2 Å². The highest BCUT2D eigenvalue weighted by molar-refractivity contribution is 5.89. The molecule has 0 bridgehead atoms. The Labute approximate surface area is 153 Å². The number of hydrogen-bond acceptors (Lipinski definition) is 1. The number of aliphatic hydroxyl groups is 1. The molecule has 1 heteroatoms. The maximum Gasteiger partial charge on any atom is 0.105 e. The second-order valence-electron chi connectivity index (χ2n) is 6.39. The Hall–Kier alpha value is -3.16. The highest BCUT2D eigenvalue weighted by atomic mass is 16.3. The van der Waals surface area contributed by atoms with Gasteiger partial charge < -0.3 is 5.11 Å². The predicted molar refractivity (Wildman–Crippen MR) is 110 cm³/mol. The van der Waals surface area contributed by atoms with Crippen molar-refractivity contribution in [3.63, 3.8) is 0 Å². The largest absolute Gasteiger partial charge is 0.384 e. The second-order valence-corrected chi connectivity index (χ2v) is 6.39. The highest BCUT2D eigenvalue weighted by Crippen LogP contribution is 2.32. The molecular weight excluding hydrogens is 316 g/mol. The van der Waals surface area contributed by atoms with E-state index in [1.165, 1.54) is 10.8 Å². The van der Waals surface area contributed by atoms with Crippen molar-refractivity contribution >= 4 is 22.4 Å². The van der Waals surface area contributed by atoms with Gasteiger partial charge in [0.05, 0.1) is 0 Å². The first-order chi connectivity index (χ1) is 12.8. The zero-order valence-electron chi connectivity index (χ0n) is 14.4. The van der Waals surface area contributed by atoms with E-state index >= 15 is 0 Å². The Morgan fingerprint density at radius 2 is 1.27 bits per heavy atom. The van der Waals surface area contributed by atoms with Gasteiger partial charge in [-0.25, -0.2) is 0 Å². The Morgan fingerprint density at radius 3 is 2.00 bits per heavy atom. The van der Waals surface area contributed by atoms with Crippen molar-refractivity contribution in [1.29, 1.82) is 0 Å². The van der Waals surface area contributed by atoms with Crippen LogP contribution >= 0.6 is 0 Å². The summed E-state index contributed by atoms with van der Waals surface area (Å²) in [5, 5.41) is 13.5. The van der Waals surface area contributed by atoms with Gasteiger partial charge in [0, 0.05) is 0 Å². The van der Waals surface area contributed by atoms with Gasteiger partial charge in [0.2, 0.25) is 0 Å². The second kappa shape index (κ2) is 7.38. The van der Waals surface area contributed by atoms with Crippen molar-refractivity contribution in [1.82, 2.24) is 0 Å². The summed E-state index contributed by atoms with van der Waals surface area (Å²) < 4.78 is 0. The molecule has 4 rings (SSSR count). The molecule has 1 N–H and O–H groups in total. The molecule has 0 saturated heterocycles. The van der Waals surface area contributed by atoms with E-state index in [4.69, 9.17) is 0 Å². The van der Waals surface area contributed by atoms with E-state index in [0.717, 1.165) is 22.3 Å². The van der Waals surface area contributed by atoms with Crippen LogP contribution in [-0.2, 0) is 0 Å². The van der Waals surface area contributed by atoms with E-state index in [1.807, 2.05) is 72.8 Å². The van der Waals surface area contributed by atoms with Crippen LogP contribution in [0.15, 0.2) is 103 Å². The predicted octanol–water partition coefficient (Wildman–Crippen LogP) is 6.11. The first kappa shape index (κ1) is 16.3. The molecule has 0 saturated carbocycles. The van der Waals surface area contributed by atoms with Crippen molar-refractivity contribution in [2.75, 3.05) is 0 Å². The summed E-state index contributed by atoms with van der Waals surface area (Å²) in [5.41, 5.74) is 3.89. The quantitative estimate of drug-likeness (QED) is 0.445. The van der Waals surface area contributed by atoms with E-state index in [1.54, 1.807) is 0 Å². The van der Waals surface area contributed by atoms with Gasteiger partial charge in [-0.15, -0.1) is 0 Å². The van der Waals surface area contributed by atoms with Crippen LogP contribution in [0.3, 0.4) is 0 Å². The molecule has 0 aliphatic carbocycles. The third kappa shape index (κ3) is 3.44. The summed E-state index contributed by atoms with van der Waals surface area (Å²) >= 11 is 0. The van der Waals surface area contributed by atoms with Crippen LogP contribution < -0.4 is 0 Å². The van der Waals surface area contributed by atoms with Crippen molar-refractivity contribution in [2.24, 2.45) is 0 Å². The molecule has 0 amide bonds. The molecule has 0 spiro atoms. The van der Waals surface area contributed by atoms with E-state index in [9.17, 15) is 5.11 Å². The van der Waals surface area contributed by atoms with Gasteiger partial charge in [0.15, 0.2) is 0 Å². The van der Waals surface area contributed by atoms with Gasteiger partial charge in [-0.05, 0) is 45.2 Å². The standard InChI is InChI=1S/C25H20O/c26-25(22-12-5-2-6-13-22)24(21-10-3-1-4-11-21)18-19-15-16-20-9-7-8-14-23(20)17-19/h1-18,25-26H/b24-18+. The van der Waals surface area contributed by atoms with E-state index < -0.39 is 6.10 Å². The van der Waals surface area contributed by atoms with Crippen LogP contribution in [0.5, 0.6) is 0 Å². The minimum absolute atomic E-state index is 0.676. The summed E-state index contributed by atoms with van der Waals surface area (Å²) in [6.45, 7) is 0. The van der Waals surface area contributed by atoms with Crippen LogP contribution in [0.2, 0.25) is 0 Å². The van der Waals surface area contributed by atoms with Gasteiger partial charge in [0.1, 0.15) is 6.10 Å². The number of rotatable bonds is 4. The summed E-state index contributed by atoms with van der Waals surface area (Å²) in [4.78, 5) is 0. The lowest BCUT2D eigenvalue weighted by molar-refractivity contribution is 0.239. The number of hydrogen-bond donors (Lipinski definition) is 1. The summed E-state index contributed by atoms with van der Waals surface area (Å²) in [5.74, 6) is 0. The lowest BCUT2D eigenvalue weighted by Gasteiger charge is -2.16. The number of fused-ring (bicyclic) bond motifs is 1. The van der Waals surface area contributed by atoms with Crippen LogP contribution in [-0.4, -0.2) is 5.11 Å². The average Bonchev–Trinajstić information content (AvgIpc) is 2.73. The molecule has 0 aliphatic rings. The van der Waals surface area contributed by atoms with Crippen LogP contribution in [0.25, 0.3) is 22.4 Å². The lowest BCUT2D eigenvalue weighted by atomic mass is 9.93. The fourth-order valence-corrected chi connectivity index (χ4v) is 3.24. The van der Waals surface area contributed by atoms with Crippen LogP contribution in [0.1, 0.15) is 22.8 Å². The molecule has 0 fully saturated rings. The molecule has 1 unspecified atom stereocenters. The summed E-state index contributed by atoms with van der Waals surface area (Å²) in [7, 11) is 0. The highest BCUT2D eigenvalue weighted by Gasteiger charge is 2.15. The molecule has 0 aromatic heterocycles. The Kier molecular flexibility index (Phi) is 4.63. The minimum atomic E-state index is -0.676. The molecule has 0 heterocycles. The number of benzene rings is 4. The van der Waals surface area contributed by atoms with Crippen molar-refractivity contribution in [2.45, 2.75) is 6.10 Å². The normalized spacial score (nSPS) is 12.9. The minimum Gasteiger partial charge on any atom is -0.384 e. The smallest absolute Gasteiger partial charge is 0.105 e. The zero-order valence-corrected chi connectivity index (χ0v) is 14.4. The molecule has 1 atom stereocenters. The van der Waals surface area contributed by atoms with Gasteiger partial charge >= 0.3 is 0 Å². The Bertz CT molecular complexity index is 1030. The molecule has 1 nitrogen and oxygen atoms in total. The molecule has 26 heavy (non-hydrogen) atoms.